The van der Waals surface area contributed by atoms with Crippen molar-refractivity contribution < 1.29 is 30.0 Å². The molecule has 0 fully saturated rings. The van der Waals surface area contributed by atoms with Crippen molar-refractivity contribution in [1.82, 2.24) is 4.90 Å². The summed E-state index contributed by atoms with van der Waals surface area (Å²) in [6, 6.07) is 8.47. The number of benzene rings is 2. The first-order valence-corrected chi connectivity index (χ1v) is 7.84. The number of carboxylic acid groups (broad SMARTS) is 2. The van der Waals surface area contributed by atoms with Crippen LogP contribution in [-0.4, -0.2) is 50.4 Å². The lowest BCUT2D eigenvalue weighted by Gasteiger charge is -2.34. The van der Waals surface area contributed by atoms with Gasteiger partial charge in [-0.05, 0) is 35.4 Å². The average Bonchev–Trinajstić information content (AvgIpc) is 2.58. The van der Waals surface area contributed by atoms with E-state index in [2.05, 4.69) is 0 Å². The van der Waals surface area contributed by atoms with Gasteiger partial charge in [0.2, 0.25) is 0 Å². The van der Waals surface area contributed by atoms with Crippen LogP contribution in [0.25, 0.3) is 0 Å². The Balaban J connectivity index is 2.53. The van der Waals surface area contributed by atoms with Crippen LogP contribution < -0.4 is 5.73 Å². The Morgan fingerprint density at radius 3 is 1.42 bits per heavy atom. The molecule has 26 heavy (non-hydrogen) atoms. The fourth-order valence-electron chi connectivity index (χ4n) is 2.82. The van der Waals surface area contributed by atoms with Crippen molar-refractivity contribution in [2.24, 2.45) is 5.73 Å². The van der Waals surface area contributed by atoms with E-state index >= 15 is 0 Å². The molecule has 0 saturated heterocycles. The Kier molecular flexibility index (Phi) is 6.16. The van der Waals surface area contributed by atoms with E-state index < -0.39 is 24.0 Å². The molecule has 0 saturated carbocycles. The van der Waals surface area contributed by atoms with Gasteiger partial charge >= 0.3 is 11.9 Å². The average molecular weight is 360 g/mol. The van der Waals surface area contributed by atoms with Gasteiger partial charge < -0.3 is 26.2 Å². The standard InChI is InChI=1S/C18H20N2O6/c19-9-10-20(15(17(23)24)11-1-5-13(21)6-2-11)16(18(25)26)12-3-7-14(22)8-4-12/h1-8,15-16,21-22H,9-10,19H2,(H,23,24)(H,25,26). The Morgan fingerprint density at radius 1 is 0.808 bits per heavy atom. The van der Waals surface area contributed by atoms with Crippen LogP contribution in [0.1, 0.15) is 23.2 Å². The van der Waals surface area contributed by atoms with E-state index in [1.807, 2.05) is 0 Å². The summed E-state index contributed by atoms with van der Waals surface area (Å²) in [4.78, 5) is 25.1. The molecular weight excluding hydrogens is 340 g/mol. The van der Waals surface area contributed by atoms with Crippen molar-refractivity contribution >= 4 is 11.9 Å². The predicted molar refractivity (Wildman–Crippen MR) is 92.7 cm³/mol. The van der Waals surface area contributed by atoms with Crippen molar-refractivity contribution in [3.63, 3.8) is 0 Å². The van der Waals surface area contributed by atoms with Crippen LogP contribution in [0.4, 0.5) is 0 Å². The number of phenolic OH excluding ortho intramolecular Hbond substituents is 2. The van der Waals surface area contributed by atoms with Gasteiger partial charge in [0.25, 0.3) is 0 Å². The molecule has 0 spiro atoms. The number of aliphatic carboxylic acids is 2. The molecule has 0 radical (unpaired) electrons. The fourth-order valence-corrected chi connectivity index (χ4v) is 2.82. The minimum atomic E-state index is -1.28. The first-order chi connectivity index (χ1) is 12.3. The van der Waals surface area contributed by atoms with Crippen molar-refractivity contribution in [2.75, 3.05) is 13.1 Å². The summed E-state index contributed by atoms with van der Waals surface area (Å²) in [7, 11) is 0. The first kappa shape index (κ1) is 19.2. The van der Waals surface area contributed by atoms with Gasteiger partial charge in [0.1, 0.15) is 23.6 Å². The maximum Gasteiger partial charge on any atom is 0.325 e. The molecule has 2 aromatic carbocycles. The number of hydrogen-bond acceptors (Lipinski definition) is 6. The molecular formula is C18H20N2O6. The zero-order chi connectivity index (χ0) is 19.3. The Labute approximate surface area is 149 Å². The van der Waals surface area contributed by atoms with E-state index in [4.69, 9.17) is 5.73 Å². The van der Waals surface area contributed by atoms with Crippen LogP contribution in [0.5, 0.6) is 11.5 Å². The van der Waals surface area contributed by atoms with Gasteiger partial charge in [0, 0.05) is 13.1 Å². The topological polar surface area (TPSA) is 144 Å². The van der Waals surface area contributed by atoms with Crippen molar-refractivity contribution in [3.8, 4) is 11.5 Å². The third kappa shape index (κ3) is 4.29. The molecule has 2 aromatic rings. The van der Waals surface area contributed by atoms with Gasteiger partial charge in [-0.25, -0.2) is 0 Å². The second kappa shape index (κ2) is 8.32. The van der Waals surface area contributed by atoms with Gasteiger partial charge in [-0.1, -0.05) is 24.3 Å². The van der Waals surface area contributed by atoms with E-state index in [9.17, 15) is 30.0 Å². The van der Waals surface area contributed by atoms with E-state index in [1.165, 1.54) is 53.4 Å². The number of aromatic hydroxyl groups is 2. The molecule has 0 aromatic heterocycles. The van der Waals surface area contributed by atoms with E-state index in [0.29, 0.717) is 11.1 Å². The minimum absolute atomic E-state index is 0.00961. The summed E-state index contributed by atoms with van der Waals surface area (Å²) >= 11 is 0. The van der Waals surface area contributed by atoms with E-state index in [0.717, 1.165) is 0 Å². The maximum atomic E-state index is 11.9. The Bertz CT molecular complexity index is 697. The second-order valence-electron chi connectivity index (χ2n) is 5.69. The summed E-state index contributed by atoms with van der Waals surface area (Å²) in [5.74, 6) is -2.54. The van der Waals surface area contributed by atoms with E-state index in [-0.39, 0.29) is 24.6 Å². The first-order valence-electron chi connectivity index (χ1n) is 7.84. The molecule has 2 rings (SSSR count). The quantitative estimate of drug-likeness (QED) is 0.474. The second-order valence-corrected chi connectivity index (χ2v) is 5.69. The zero-order valence-electron chi connectivity index (χ0n) is 13.8. The summed E-state index contributed by atoms with van der Waals surface area (Å²) in [5.41, 5.74) is 6.23. The fraction of sp³-hybridized carbons (Fsp3) is 0.222. The third-order valence-corrected chi connectivity index (χ3v) is 3.94. The number of rotatable bonds is 8. The number of nitrogens with two attached hydrogens (primary N) is 1. The maximum absolute atomic E-state index is 11.9. The normalized spacial score (nSPS) is 13.3. The molecule has 0 aliphatic carbocycles. The number of hydrogen-bond donors (Lipinski definition) is 5. The number of nitrogens with zero attached hydrogens (tertiary/aromatic N) is 1. The lowest BCUT2D eigenvalue weighted by atomic mass is 9.98. The van der Waals surface area contributed by atoms with Gasteiger partial charge in [0.15, 0.2) is 0 Å². The molecule has 0 amide bonds. The van der Waals surface area contributed by atoms with Crippen LogP contribution in [0.15, 0.2) is 48.5 Å². The zero-order valence-corrected chi connectivity index (χ0v) is 13.8. The SMILES string of the molecule is NCCN(C(C(=O)O)c1ccc(O)cc1)C(C(=O)O)c1ccc(O)cc1. The highest BCUT2D eigenvalue weighted by Gasteiger charge is 2.37. The molecule has 2 unspecified atom stereocenters. The molecule has 0 aliphatic heterocycles. The smallest absolute Gasteiger partial charge is 0.325 e. The van der Waals surface area contributed by atoms with Crippen LogP contribution in [0.3, 0.4) is 0 Å². The lowest BCUT2D eigenvalue weighted by molar-refractivity contribution is -0.151. The van der Waals surface area contributed by atoms with Crippen molar-refractivity contribution in [3.05, 3.63) is 59.7 Å². The molecule has 2 atom stereocenters. The number of phenols is 2. The van der Waals surface area contributed by atoms with Crippen LogP contribution >= 0.6 is 0 Å². The van der Waals surface area contributed by atoms with Crippen molar-refractivity contribution in [1.29, 1.82) is 0 Å². The van der Waals surface area contributed by atoms with Gasteiger partial charge in [-0.15, -0.1) is 0 Å². The molecule has 138 valence electrons. The highest BCUT2D eigenvalue weighted by molar-refractivity contribution is 5.80. The molecule has 0 aliphatic rings. The Hall–Kier alpha value is -3.10. The summed E-state index contributed by atoms with van der Waals surface area (Å²) < 4.78 is 0. The van der Waals surface area contributed by atoms with Crippen LogP contribution in [0, 0.1) is 0 Å². The molecule has 6 N–H and O–H groups in total. The summed E-state index contributed by atoms with van der Waals surface area (Å²) in [5, 5.41) is 38.3. The van der Waals surface area contributed by atoms with Crippen LogP contribution in [-0.2, 0) is 9.59 Å². The molecule has 8 nitrogen and oxygen atoms in total. The number of carbonyl (C=O) groups is 2. The van der Waals surface area contributed by atoms with E-state index in [1.54, 1.807) is 0 Å². The van der Waals surface area contributed by atoms with Gasteiger partial charge in [0.05, 0.1) is 0 Å². The van der Waals surface area contributed by atoms with Crippen LogP contribution in [0.2, 0.25) is 0 Å². The predicted octanol–water partition coefficient (Wildman–Crippen LogP) is 1.31. The van der Waals surface area contributed by atoms with Crippen molar-refractivity contribution in [2.45, 2.75) is 12.1 Å². The third-order valence-electron chi connectivity index (χ3n) is 3.94. The van der Waals surface area contributed by atoms with Gasteiger partial charge in [-0.3, -0.25) is 14.5 Å². The Morgan fingerprint density at radius 2 is 1.15 bits per heavy atom. The lowest BCUT2D eigenvalue weighted by Crippen LogP contribution is -2.43. The molecule has 0 bridgehead atoms. The monoisotopic (exact) mass is 360 g/mol. The largest absolute Gasteiger partial charge is 0.508 e. The highest BCUT2D eigenvalue weighted by Crippen LogP contribution is 2.32. The van der Waals surface area contributed by atoms with Gasteiger partial charge in [-0.2, -0.15) is 0 Å². The highest BCUT2D eigenvalue weighted by atomic mass is 16.4. The molecule has 0 heterocycles. The minimum Gasteiger partial charge on any atom is -0.508 e. The summed E-state index contributed by atoms with van der Waals surface area (Å²) in [6.07, 6.45) is 0. The summed E-state index contributed by atoms with van der Waals surface area (Å²) in [6.45, 7) is 0.0550. The molecule has 8 heteroatoms. The number of carboxylic acids is 2.